The molecule has 0 bridgehead atoms. The lowest BCUT2D eigenvalue weighted by molar-refractivity contribution is 0.464. The molecule has 1 N–H and O–H groups in total. The number of thiophene rings is 1. The first-order valence-corrected chi connectivity index (χ1v) is 9.23. The van der Waals surface area contributed by atoms with Gasteiger partial charge in [0, 0.05) is 19.0 Å². The summed E-state index contributed by atoms with van der Waals surface area (Å²) in [6.45, 7) is 2.87. The summed E-state index contributed by atoms with van der Waals surface area (Å²) in [6, 6.07) is 1.72. The molecule has 2 aromatic rings. The summed E-state index contributed by atoms with van der Waals surface area (Å²) < 4.78 is 26.6. The van der Waals surface area contributed by atoms with Crippen molar-refractivity contribution in [3.05, 3.63) is 33.1 Å². The summed E-state index contributed by atoms with van der Waals surface area (Å²) in [6.07, 6.45) is 0. The fourth-order valence-corrected chi connectivity index (χ4v) is 4.90. The normalized spacial score (nSPS) is 12.2. The smallest absolute Gasteiger partial charge is 0.252 e. The van der Waals surface area contributed by atoms with E-state index in [1.54, 1.807) is 13.1 Å². The first kappa shape index (κ1) is 15.6. The van der Waals surface area contributed by atoms with Gasteiger partial charge in [0.15, 0.2) is 0 Å². The minimum atomic E-state index is -3.44. The largest absolute Gasteiger partial charge is 0.316 e. The lowest BCUT2D eigenvalue weighted by Crippen LogP contribution is -2.26. The quantitative estimate of drug-likeness (QED) is 0.880. The highest BCUT2D eigenvalue weighted by Gasteiger charge is 2.23. The number of thiazole rings is 1. The van der Waals surface area contributed by atoms with Gasteiger partial charge < -0.3 is 5.32 Å². The van der Waals surface area contributed by atoms with Crippen LogP contribution < -0.4 is 5.32 Å². The Morgan fingerprint density at radius 1 is 1.35 bits per heavy atom. The fraction of sp³-hybridized carbons (Fsp3) is 0.417. The van der Waals surface area contributed by atoms with E-state index in [0.717, 1.165) is 16.3 Å². The SMILES string of the molecule is CNCc1csc(S(=O)(=O)N(C)Cc2csc(C)n2)c1. The summed E-state index contributed by atoms with van der Waals surface area (Å²) in [5.74, 6) is 0. The zero-order chi connectivity index (χ0) is 14.8. The monoisotopic (exact) mass is 331 g/mol. The van der Waals surface area contributed by atoms with Crippen LogP contribution >= 0.6 is 22.7 Å². The van der Waals surface area contributed by atoms with Crippen molar-refractivity contribution in [2.45, 2.75) is 24.2 Å². The molecule has 0 fully saturated rings. The van der Waals surface area contributed by atoms with Gasteiger partial charge in [0.25, 0.3) is 10.0 Å². The van der Waals surface area contributed by atoms with Crippen LogP contribution in [0.1, 0.15) is 16.3 Å². The Morgan fingerprint density at radius 3 is 2.70 bits per heavy atom. The van der Waals surface area contributed by atoms with E-state index >= 15 is 0 Å². The molecule has 0 unspecified atom stereocenters. The third-order valence-corrected chi connectivity index (χ3v) is 6.82. The predicted octanol–water partition coefficient (Wildman–Crippen LogP) is 2.05. The van der Waals surface area contributed by atoms with E-state index in [2.05, 4.69) is 10.3 Å². The maximum atomic E-state index is 12.5. The third-order valence-electron chi connectivity index (χ3n) is 2.73. The van der Waals surface area contributed by atoms with Gasteiger partial charge in [-0.2, -0.15) is 4.31 Å². The predicted molar refractivity (Wildman–Crippen MR) is 82.6 cm³/mol. The van der Waals surface area contributed by atoms with Crippen LogP contribution in [-0.2, 0) is 23.1 Å². The molecule has 0 aliphatic rings. The molecule has 20 heavy (non-hydrogen) atoms. The second-order valence-corrected chi connectivity index (χ2v) is 8.67. The number of hydrogen-bond acceptors (Lipinski definition) is 6. The van der Waals surface area contributed by atoms with Crippen LogP contribution in [0.25, 0.3) is 0 Å². The Hall–Kier alpha value is -0.800. The lowest BCUT2D eigenvalue weighted by Gasteiger charge is -2.14. The molecule has 8 heteroatoms. The number of aromatic nitrogens is 1. The van der Waals surface area contributed by atoms with Gasteiger partial charge in [0.2, 0.25) is 0 Å². The molecule has 0 atom stereocenters. The highest BCUT2D eigenvalue weighted by molar-refractivity contribution is 7.91. The highest BCUT2D eigenvalue weighted by Crippen LogP contribution is 2.24. The number of nitrogens with zero attached hydrogens (tertiary/aromatic N) is 2. The van der Waals surface area contributed by atoms with Gasteiger partial charge in [-0.1, -0.05) is 0 Å². The van der Waals surface area contributed by atoms with Crippen LogP contribution in [-0.4, -0.2) is 31.8 Å². The van der Waals surface area contributed by atoms with E-state index in [9.17, 15) is 8.42 Å². The minimum Gasteiger partial charge on any atom is -0.316 e. The molecular weight excluding hydrogens is 314 g/mol. The molecular formula is C12H17N3O2S3. The molecule has 2 aromatic heterocycles. The molecule has 2 heterocycles. The van der Waals surface area contributed by atoms with Gasteiger partial charge in [0.1, 0.15) is 4.21 Å². The molecule has 0 aromatic carbocycles. The number of rotatable bonds is 6. The van der Waals surface area contributed by atoms with Crippen molar-refractivity contribution in [3.8, 4) is 0 Å². The minimum absolute atomic E-state index is 0.298. The Kier molecular flexibility index (Phi) is 4.92. The number of hydrogen-bond donors (Lipinski definition) is 1. The molecule has 0 saturated carbocycles. The van der Waals surface area contributed by atoms with E-state index in [-0.39, 0.29) is 0 Å². The van der Waals surface area contributed by atoms with E-state index < -0.39 is 10.0 Å². The van der Waals surface area contributed by atoms with Crippen LogP contribution in [0.15, 0.2) is 21.0 Å². The van der Waals surface area contributed by atoms with Crippen LogP contribution in [0.4, 0.5) is 0 Å². The molecule has 0 saturated heterocycles. The molecule has 0 amide bonds. The zero-order valence-electron chi connectivity index (χ0n) is 11.6. The van der Waals surface area contributed by atoms with Crippen LogP contribution in [0, 0.1) is 6.92 Å². The summed E-state index contributed by atoms with van der Waals surface area (Å²) in [5, 5.41) is 7.71. The first-order chi connectivity index (χ1) is 9.43. The number of sulfonamides is 1. The average Bonchev–Trinajstić information content (AvgIpc) is 2.99. The van der Waals surface area contributed by atoms with Crippen molar-refractivity contribution >= 4 is 32.7 Å². The van der Waals surface area contributed by atoms with E-state index in [0.29, 0.717) is 17.3 Å². The standard InChI is InChI=1S/C12H17N3O2S3/c1-9-14-11(8-18-9)6-15(3)20(16,17)12-4-10(5-13-2)7-19-12/h4,7-8,13H,5-6H2,1-3H3. The van der Waals surface area contributed by atoms with Crippen LogP contribution in [0.2, 0.25) is 0 Å². The van der Waals surface area contributed by atoms with Crippen molar-refractivity contribution in [3.63, 3.8) is 0 Å². The maximum absolute atomic E-state index is 12.5. The molecule has 5 nitrogen and oxygen atoms in total. The molecule has 0 spiro atoms. The second kappa shape index (κ2) is 6.31. The summed E-state index contributed by atoms with van der Waals surface area (Å²) in [4.78, 5) is 4.30. The Balaban J connectivity index is 2.15. The summed E-state index contributed by atoms with van der Waals surface area (Å²) in [7, 11) is -0.0160. The van der Waals surface area contributed by atoms with Crippen molar-refractivity contribution in [2.75, 3.05) is 14.1 Å². The molecule has 0 aliphatic carbocycles. The van der Waals surface area contributed by atoms with Crippen LogP contribution in [0.3, 0.4) is 0 Å². The lowest BCUT2D eigenvalue weighted by atomic mass is 10.3. The molecule has 2 rings (SSSR count). The topological polar surface area (TPSA) is 62.3 Å². The van der Waals surface area contributed by atoms with E-state index in [1.165, 1.54) is 27.0 Å². The zero-order valence-corrected chi connectivity index (χ0v) is 14.0. The Bertz CT molecular complexity index is 676. The second-order valence-electron chi connectivity index (χ2n) is 4.42. The Morgan fingerprint density at radius 2 is 2.10 bits per heavy atom. The number of nitrogens with one attached hydrogen (secondary N) is 1. The van der Waals surface area contributed by atoms with Gasteiger partial charge in [-0.05, 0) is 31.0 Å². The van der Waals surface area contributed by atoms with Gasteiger partial charge in [-0.15, -0.1) is 22.7 Å². The Labute approximate surface area is 127 Å². The number of aryl methyl sites for hydroxylation is 1. The van der Waals surface area contributed by atoms with E-state index in [1.807, 2.05) is 24.7 Å². The van der Waals surface area contributed by atoms with Crippen LogP contribution in [0.5, 0.6) is 0 Å². The first-order valence-electron chi connectivity index (χ1n) is 6.03. The van der Waals surface area contributed by atoms with Gasteiger partial charge in [-0.3, -0.25) is 0 Å². The molecule has 0 aliphatic heterocycles. The molecule has 0 radical (unpaired) electrons. The van der Waals surface area contributed by atoms with Crippen molar-refractivity contribution < 1.29 is 8.42 Å². The highest BCUT2D eigenvalue weighted by atomic mass is 32.2. The molecule has 110 valence electrons. The maximum Gasteiger partial charge on any atom is 0.252 e. The van der Waals surface area contributed by atoms with Crippen molar-refractivity contribution in [1.82, 2.24) is 14.6 Å². The van der Waals surface area contributed by atoms with Gasteiger partial charge in [0.05, 0.1) is 17.2 Å². The van der Waals surface area contributed by atoms with Crippen molar-refractivity contribution in [1.29, 1.82) is 0 Å². The average molecular weight is 331 g/mol. The summed E-state index contributed by atoms with van der Waals surface area (Å²) in [5.41, 5.74) is 1.76. The fourth-order valence-electron chi connectivity index (χ4n) is 1.73. The summed E-state index contributed by atoms with van der Waals surface area (Å²) >= 11 is 2.78. The third kappa shape index (κ3) is 3.44. The van der Waals surface area contributed by atoms with Gasteiger partial charge >= 0.3 is 0 Å². The van der Waals surface area contributed by atoms with Gasteiger partial charge in [-0.25, -0.2) is 13.4 Å². The van der Waals surface area contributed by atoms with Crippen molar-refractivity contribution in [2.24, 2.45) is 0 Å². The van der Waals surface area contributed by atoms with E-state index in [4.69, 9.17) is 0 Å².